The van der Waals surface area contributed by atoms with E-state index in [4.69, 9.17) is 23.2 Å². The Labute approximate surface area is 136 Å². The number of aliphatic hydroxyl groups is 1. The Hall–Kier alpha value is -1.27. The number of thiophene rings is 1. The number of benzene rings is 1. The fourth-order valence-corrected chi connectivity index (χ4v) is 3.08. The Kier molecular flexibility index (Phi) is 5.87. The van der Waals surface area contributed by atoms with Crippen LogP contribution >= 0.6 is 34.5 Å². The zero-order valence-corrected chi connectivity index (χ0v) is 13.3. The van der Waals surface area contributed by atoms with E-state index >= 15 is 0 Å². The van der Waals surface area contributed by atoms with Crippen molar-refractivity contribution in [3.05, 3.63) is 56.2 Å². The highest BCUT2D eigenvalue weighted by Crippen LogP contribution is 2.29. The van der Waals surface area contributed by atoms with Crippen LogP contribution in [0.2, 0.25) is 10.0 Å². The van der Waals surface area contributed by atoms with Crippen molar-refractivity contribution in [1.29, 1.82) is 0 Å². The Morgan fingerprint density at radius 2 is 1.95 bits per heavy atom. The molecule has 1 atom stereocenters. The number of rotatable bonds is 5. The van der Waals surface area contributed by atoms with E-state index in [2.05, 4.69) is 10.6 Å². The van der Waals surface area contributed by atoms with Gasteiger partial charge < -0.3 is 15.7 Å². The first-order valence-corrected chi connectivity index (χ1v) is 7.92. The highest BCUT2D eigenvalue weighted by molar-refractivity contribution is 7.07. The van der Waals surface area contributed by atoms with Crippen LogP contribution < -0.4 is 10.6 Å². The molecule has 112 valence electrons. The minimum atomic E-state index is -0.960. The molecule has 4 nitrogen and oxygen atoms in total. The van der Waals surface area contributed by atoms with Crippen molar-refractivity contribution in [2.24, 2.45) is 0 Å². The number of halogens is 2. The summed E-state index contributed by atoms with van der Waals surface area (Å²) in [5.41, 5.74) is 1.45. The molecule has 2 aromatic rings. The zero-order valence-electron chi connectivity index (χ0n) is 11.0. The van der Waals surface area contributed by atoms with Gasteiger partial charge in [0.05, 0.1) is 6.10 Å². The van der Waals surface area contributed by atoms with Crippen LogP contribution in [0.3, 0.4) is 0 Å². The topological polar surface area (TPSA) is 61.4 Å². The summed E-state index contributed by atoms with van der Waals surface area (Å²) in [6.45, 7) is 0.469. The van der Waals surface area contributed by atoms with Gasteiger partial charge in [-0.3, -0.25) is 0 Å². The summed E-state index contributed by atoms with van der Waals surface area (Å²) in [6, 6.07) is 6.56. The predicted octanol–water partition coefficient (Wildman–Crippen LogP) is 3.59. The maximum atomic E-state index is 11.6. The van der Waals surface area contributed by atoms with Gasteiger partial charge in [-0.05, 0) is 34.5 Å². The molecule has 1 aromatic heterocycles. The third-order valence-corrected chi connectivity index (χ3v) is 4.21. The third-order valence-electron chi connectivity index (χ3n) is 2.82. The van der Waals surface area contributed by atoms with Gasteiger partial charge >= 0.3 is 6.03 Å². The maximum absolute atomic E-state index is 11.6. The molecule has 1 unspecified atom stereocenters. The second kappa shape index (κ2) is 7.66. The number of nitrogens with one attached hydrogen (secondary N) is 2. The zero-order chi connectivity index (χ0) is 15.2. The van der Waals surface area contributed by atoms with Crippen molar-refractivity contribution in [3.8, 4) is 0 Å². The van der Waals surface area contributed by atoms with Crippen molar-refractivity contribution in [2.45, 2.75) is 12.6 Å². The number of hydrogen-bond acceptors (Lipinski definition) is 3. The van der Waals surface area contributed by atoms with E-state index in [1.807, 2.05) is 16.8 Å². The summed E-state index contributed by atoms with van der Waals surface area (Å²) in [7, 11) is 0. The highest BCUT2D eigenvalue weighted by Gasteiger charge is 2.16. The smallest absolute Gasteiger partial charge is 0.315 e. The molecule has 2 rings (SSSR count). The van der Waals surface area contributed by atoms with Crippen LogP contribution in [0.4, 0.5) is 4.79 Å². The van der Waals surface area contributed by atoms with E-state index in [1.54, 1.807) is 29.5 Å². The summed E-state index contributed by atoms with van der Waals surface area (Å²) in [6.07, 6.45) is -0.960. The lowest BCUT2D eigenvalue weighted by molar-refractivity contribution is 0.173. The molecule has 7 heteroatoms. The lowest BCUT2D eigenvalue weighted by Gasteiger charge is -2.15. The molecule has 0 bridgehead atoms. The van der Waals surface area contributed by atoms with Crippen LogP contribution in [-0.4, -0.2) is 17.7 Å². The number of carbonyl (C=O) groups is 1. The van der Waals surface area contributed by atoms with Crippen molar-refractivity contribution < 1.29 is 9.90 Å². The van der Waals surface area contributed by atoms with Gasteiger partial charge in [0.1, 0.15) is 0 Å². The Balaban J connectivity index is 1.83. The van der Waals surface area contributed by atoms with Gasteiger partial charge in [-0.25, -0.2) is 4.79 Å². The Morgan fingerprint density at radius 3 is 2.57 bits per heavy atom. The van der Waals surface area contributed by atoms with Crippen LogP contribution in [0.25, 0.3) is 0 Å². The van der Waals surface area contributed by atoms with E-state index in [0.29, 0.717) is 22.2 Å². The summed E-state index contributed by atoms with van der Waals surface area (Å²) in [5.74, 6) is 0. The average molecular weight is 345 g/mol. The van der Waals surface area contributed by atoms with Gasteiger partial charge in [-0.15, -0.1) is 0 Å². The highest BCUT2D eigenvalue weighted by atomic mass is 35.5. The molecule has 0 aliphatic heterocycles. The van der Waals surface area contributed by atoms with E-state index in [-0.39, 0.29) is 12.6 Å². The molecule has 1 heterocycles. The number of hydrogen-bond donors (Lipinski definition) is 3. The second-order valence-corrected chi connectivity index (χ2v) is 5.94. The van der Waals surface area contributed by atoms with E-state index in [1.165, 1.54) is 0 Å². The predicted molar refractivity (Wildman–Crippen MR) is 86.0 cm³/mol. The molecular weight excluding hydrogens is 331 g/mol. The van der Waals surface area contributed by atoms with Gasteiger partial charge in [-0.1, -0.05) is 29.3 Å². The average Bonchev–Trinajstić information content (AvgIpc) is 2.96. The molecule has 2 amide bonds. The summed E-state index contributed by atoms with van der Waals surface area (Å²) in [5, 5.41) is 20.0. The molecular formula is C14H14Cl2N2O2S. The third kappa shape index (κ3) is 4.61. The van der Waals surface area contributed by atoms with Crippen molar-refractivity contribution in [3.63, 3.8) is 0 Å². The minimum absolute atomic E-state index is 0.0267. The standard InChI is InChI=1S/C14H14Cl2N2O2S/c15-10-2-1-3-11(16)13(10)12(19)7-18-14(20)17-6-9-4-5-21-8-9/h1-5,8,12,19H,6-7H2,(H2,17,18,20). The monoisotopic (exact) mass is 344 g/mol. The first-order chi connectivity index (χ1) is 10.1. The number of carbonyl (C=O) groups excluding carboxylic acids is 1. The summed E-state index contributed by atoms with van der Waals surface area (Å²) in [4.78, 5) is 11.6. The minimum Gasteiger partial charge on any atom is -0.386 e. The molecule has 1 aromatic carbocycles. The quantitative estimate of drug-likeness (QED) is 0.776. The van der Waals surface area contributed by atoms with Crippen molar-refractivity contribution in [1.82, 2.24) is 10.6 Å². The number of aliphatic hydroxyl groups excluding tert-OH is 1. The van der Waals surface area contributed by atoms with Crippen LogP contribution in [0.1, 0.15) is 17.2 Å². The van der Waals surface area contributed by atoms with E-state index in [9.17, 15) is 9.90 Å². The van der Waals surface area contributed by atoms with Crippen LogP contribution in [0.5, 0.6) is 0 Å². The van der Waals surface area contributed by atoms with Gasteiger partial charge in [0.25, 0.3) is 0 Å². The number of amides is 2. The Morgan fingerprint density at radius 1 is 1.24 bits per heavy atom. The van der Waals surface area contributed by atoms with Crippen molar-refractivity contribution >= 4 is 40.6 Å². The molecule has 0 spiro atoms. The normalized spacial score (nSPS) is 12.0. The summed E-state index contributed by atoms with van der Waals surface area (Å²) >= 11 is 13.6. The maximum Gasteiger partial charge on any atom is 0.315 e. The largest absolute Gasteiger partial charge is 0.386 e. The lowest BCUT2D eigenvalue weighted by atomic mass is 10.1. The van der Waals surface area contributed by atoms with Gasteiger partial charge in [0.15, 0.2) is 0 Å². The molecule has 0 radical (unpaired) electrons. The SMILES string of the molecule is O=C(NCc1ccsc1)NCC(O)c1c(Cl)cccc1Cl. The Bertz CT molecular complexity index is 585. The second-order valence-electron chi connectivity index (χ2n) is 4.35. The lowest BCUT2D eigenvalue weighted by Crippen LogP contribution is -2.37. The fraction of sp³-hybridized carbons (Fsp3) is 0.214. The molecule has 3 N–H and O–H groups in total. The molecule has 21 heavy (non-hydrogen) atoms. The number of urea groups is 1. The molecule has 0 aliphatic rings. The van der Waals surface area contributed by atoms with Crippen LogP contribution in [0, 0.1) is 0 Å². The summed E-state index contributed by atoms with van der Waals surface area (Å²) < 4.78 is 0. The van der Waals surface area contributed by atoms with Gasteiger partial charge in [0, 0.05) is 28.7 Å². The fourth-order valence-electron chi connectivity index (χ4n) is 1.76. The van der Waals surface area contributed by atoms with E-state index in [0.717, 1.165) is 5.56 Å². The van der Waals surface area contributed by atoms with E-state index < -0.39 is 6.10 Å². The first-order valence-electron chi connectivity index (χ1n) is 6.22. The molecule has 0 fully saturated rings. The van der Waals surface area contributed by atoms with Gasteiger partial charge in [0.2, 0.25) is 0 Å². The van der Waals surface area contributed by atoms with Crippen molar-refractivity contribution in [2.75, 3.05) is 6.54 Å². The molecule has 0 aliphatic carbocycles. The van der Waals surface area contributed by atoms with Crippen LogP contribution in [-0.2, 0) is 6.54 Å². The molecule has 0 saturated carbocycles. The first kappa shape index (κ1) is 16.1. The van der Waals surface area contributed by atoms with Crippen LogP contribution in [0.15, 0.2) is 35.0 Å². The van der Waals surface area contributed by atoms with Gasteiger partial charge in [-0.2, -0.15) is 11.3 Å². The molecule has 0 saturated heterocycles.